The minimum atomic E-state index is -0.184. The molecule has 0 bridgehead atoms. The highest BCUT2D eigenvalue weighted by molar-refractivity contribution is 6.21. The van der Waals surface area contributed by atoms with Gasteiger partial charge in [0, 0.05) is 32.7 Å². The quantitative estimate of drug-likeness (QED) is 0.760. The summed E-state index contributed by atoms with van der Waals surface area (Å²) in [5.41, 5.74) is 2.28. The van der Waals surface area contributed by atoms with Gasteiger partial charge in [-0.15, -0.1) is 0 Å². The lowest BCUT2D eigenvalue weighted by molar-refractivity contribution is 0.0447. The van der Waals surface area contributed by atoms with Crippen LogP contribution in [-0.2, 0) is 6.54 Å². The highest BCUT2D eigenvalue weighted by Crippen LogP contribution is 2.23. The van der Waals surface area contributed by atoms with Crippen molar-refractivity contribution in [2.75, 3.05) is 40.0 Å². The monoisotopic (exact) mass is 365 g/mol. The molecule has 6 heteroatoms. The standard InChI is InChI=1S/C21H23N3O3/c1-27-17-8-6-16(7-9-17)14-22-10-12-23(13-11-22)15-24-20(25)18-4-2-3-5-19(18)21(24)26/h2-9H,10-15H2,1H3. The summed E-state index contributed by atoms with van der Waals surface area (Å²) in [6.07, 6.45) is 0. The minimum absolute atomic E-state index is 0.184. The first-order chi connectivity index (χ1) is 13.2. The molecule has 2 heterocycles. The lowest BCUT2D eigenvalue weighted by Crippen LogP contribution is -2.50. The molecule has 1 saturated heterocycles. The molecule has 0 aromatic heterocycles. The summed E-state index contributed by atoms with van der Waals surface area (Å²) < 4.78 is 5.20. The smallest absolute Gasteiger partial charge is 0.262 e. The Morgan fingerprint density at radius 1 is 0.815 bits per heavy atom. The van der Waals surface area contributed by atoms with E-state index < -0.39 is 0 Å². The summed E-state index contributed by atoms with van der Waals surface area (Å²) in [4.78, 5) is 30.9. The Balaban J connectivity index is 1.31. The summed E-state index contributed by atoms with van der Waals surface area (Å²) in [6, 6.07) is 15.2. The highest BCUT2D eigenvalue weighted by atomic mass is 16.5. The fraction of sp³-hybridized carbons (Fsp3) is 0.333. The molecule has 0 aliphatic carbocycles. The molecule has 2 amide bonds. The number of hydrogen-bond acceptors (Lipinski definition) is 5. The number of benzene rings is 2. The summed E-state index contributed by atoms with van der Waals surface area (Å²) >= 11 is 0. The molecule has 0 radical (unpaired) electrons. The van der Waals surface area contributed by atoms with Crippen molar-refractivity contribution in [2.24, 2.45) is 0 Å². The maximum atomic E-state index is 12.5. The van der Waals surface area contributed by atoms with Crippen LogP contribution < -0.4 is 4.74 Å². The van der Waals surface area contributed by atoms with Crippen LogP contribution in [0.2, 0.25) is 0 Å². The molecule has 0 spiro atoms. The molecular weight excluding hydrogens is 342 g/mol. The van der Waals surface area contributed by atoms with Gasteiger partial charge in [0.15, 0.2) is 0 Å². The first kappa shape index (κ1) is 17.7. The van der Waals surface area contributed by atoms with Crippen molar-refractivity contribution >= 4 is 11.8 Å². The summed E-state index contributed by atoms with van der Waals surface area (Å²) in [7, 11) is 1.67. The number of hydrogen-bond donors (Lipinski definition) is 0. The normalized spacial score (nSPS) is 18.0. The van der Waals surface area contributed by atoms with E-state index in [4.69, 9.17) is 4.74 Å². The number of imide groups is 1. The van der Waals surface area contributed by atoms with E-state index in [2.05, 4.69) is 21.9 Å². The molecule has 1 fully saturated rings. The van der Waals surface area contributed by atoms with Gasteiger partial charge in [-0.25, -0.2) is 0 Å². The Morgan fingerprint density at radius 2 is 1.37 bits per heavy atom. The van der Waals surface area contributed by atoms with Gasteiger partial charge in [-0.2, -0.15) is 0 Å². The molecule has 0 unspecified atom stereocenters. The number of piperazine rings is 1. The molecule has 2 aliphatic rings. The van der Waals surface area contributed by atoms with E-state index in [1.807, 2.05) is 12.1 Å². The zero-order valence-electron chi connectivity index (χ0n) is 15.4. The van der Waals surface area contributed by atoms with Crippen molar-refractivity contribution in [2.45, 2.75) is 6.54 Å². The first-order valence-corrected chi connectivity index (χ1v) is 9.18. The molecule has 2 aromatic rings. The summed E-state index contributed by atoms with van der Waals surface area (Å²) in [6.45, 7) is 4.76. The largest absolute Gasteiger partial charge is 0.497 e. The second kappa shape index (κ2) is 7.50. The number of nitrogens with zero attached hydrogens (tertiary/aromatic N) is 3. The summed E-state index contributed by atoms with van der Waals surface area (Å²) in [5.74, 6) is 0.497. The number of carbonyl (C=O) groups excluding carboxylic acids is 2. The number of amides is 2. The maximum Gasteiger partial charge on any atom is 0.262 e. The maximum absolute atomic E-state index is 12.5. The molecule has 0 N–H and O–H groups in total. The number of methoxy groups -OCH3 is 1. The van der Waals surface area contributed by atoms with E-state index >= 15 is 0 Å². The zero-order valence-corrected chi connectivity index (χ0v) is 15.4. The molecule has 0 saturated carbocycles. The van der Waals surface area contributed by atoms with Gasteiger partial charge in [0.05, 0.1) is 24.9 Å². The van der Waals surface area contributed by atoms with Crippen molar-refractivity contribution < 1.29 is 14.3 Å². The minimum Gasteiger partial charge on any atom is -0.497 e. The van der Waals surface area contributed by atoms with Gasteiger partial charge >= 0.3 is 0 Å². The number of fused-ring (bicyclic) bond motifs is 1. The second-order valence-corrected chi connectivity index (χ2v) is 6.97. The van der Waals surface area contributed by atoms with E-state index in [0.717, 1.165) is 38.5 Å². The van der Waals surface area contributed by atoms with E-state index in [-0.39, 0.29) is 11.8 Å². The van der Waals surface area contributed by atoms with Crippen LogP contribution in [0.1, 0.15) is 26.3 Å². The molecule has 27 heavy (non-hydrogen) atoms. The van der Waals surface area contributed by atoms with Crippen LogP contribution in [0.4, 0.5) is 0 Å². The van der Waals surface area contributed by atoms with Crippen LogP contribution in [-0.4, -0.2) is 66.5 Å². The Morgan fingerprint density at radius 3 is 1.93 bits per heavy atom. The van der Waals surface area contributed by atoms with E-state index in [0.29, 0.717) is 17.8 Å². The van der Waals surface area contributed by atoms with E-state index in [9.17, 15) is 9.59 Å². The van der Waals surface area contributed by atoms with E-state index in [1.165, 1.54) is 10.5 Å². The lowest BCUT2D eigenvalue weighted by atomic mass is 10.1. The van der Waals surface area contributed by atoms with E-state index in [1.54, 1.807) is 31.4 Å². The second-order valence-electron chi connectivity index (χ2n) is 6.97. The van der Waals surface area contributed by atoms with Crippen LogP contribution in [0.25, 0.3) is 0 Å². The molecule has 0 atom stereocenters. The Kier molecular flexibility index (Phi) is 4.92. The Labute approximate surface area is 158 Å². The third-order valence-corrected chi connectivity index (χ3v) is 5.25. The van der Waals surface area contributed by atoms with Crippen LogP contribution >= 0.6 is 0 Å². The fourth-order valence-electron chi connectivity index (χ4n) is 3.65. The van der Waals surface area contributed by atoms with Crippen LogP contribution in [0, 0.1) is 0 Å². The SMILES string of the molecule is COc1ccc(CN2CCN(CN3C(=O)c4ccccc4C3=O)CC2)cc1. The number of rotatable bonds is 5. The average Bonchev–Trinajstić information content (AvgIpc) is 2.95. The lowest BCUT2D eigenvalue weighted by Gasteiger charge is -2.36. The fourth-order valence-corrected chi connectivity index (χ4v) is 3.65. The number of carbonyl (C=O) groups is 2. The highest BCUT2D eigenvalue weighted by Gasteiger charge is 2.36. The molecule has 4 rings (SSSR count). The molecule has 140 valence electrons. The molecular formula is C21H23N3O3. The number of ether oxygens (including phenoxy) is 1. The van der Waals surface area contributed by atoms with Gasteiger partial charge < -0.3 is 4.74 Å². The van der Waals surface area contributed by atoms with Crippen LogP contribution in [0.5, 0.6) is 5.75 Å². The van der Waals surface area contributed by atoms with Crippen LogP contribution in [0.15, 0.2) is 48.5 Å². The van der Waals surface area contributed by atoms with Crippen molar-refractivity contribution in [3.05, 3.63) is 65.2 Å². The van der Waals surface area contributed by atoms with Gasteiger partial charge in [0.25, 0.3) is 11.8 Å². The van der Waals surface area contributed by atoms with Crippen molar-refractivity contribution in [3.63, 3.8) is 0 Å². The van der Waals surface area contributed by atoms with Gasteiger partial charge in [0.1, 0.15) is 5.75 Å². The van der Waals surface area contributed by atoms with Crippen molar-refractivity contribution in [1.29, 1.82) is 0 Å². The Hall–Kier alpha value is -2.70. The van der Waals surface area contributed by atoms with Crippen molar-refractivity contribution in [3.8, 4) is 5.75 Å². The Bertz CT molecular complexity index is 807. The van der Waals surface area contributed by atoms with Gasteiger partial charge in [-0.05, 0) is 29.8 Å². The van der Waals surface area contributed by atoms with Crippen molar-refractivity contribution in [1.82, 2.24) is 14.7 Å². The van der Waals surface area contributed by atoms with Crippen LogP contribution in [0.3, 0.4) is 0 Å². The summed E-state index contributed by atoms with van der Waals surface area (Å²) in [5, 5.41) is 0. The first-order valence-electron chi connectivity index (χ1n) is 9.18. The van der Waals surface area contributed by atoms with Gasteiger partial charge in [-0.1, -0.05) is 24.3 Å². The zero-order chi connectivity index (χ0) is 18.8. The van der Waals surface area contributed by atoms with Gasteiger partial charge in [-0.3, -0.25) is 24.3 Å². The van der Waals surface area contributed by atoms with Gasteiger partial charge in [0.2, 0.25) is 0 Å². The topological polar surface area (TPSA) is 53.1 Å². The molecule has 2 aromatic carbocycles. The molecule has 2 aliphatic heterocycles. The predicted molar refractivity (Wildman–Crippen MR) is 102 cm³/mol. The average molecular weight is 365 g/mol. The third kappa shape index (κ3) is 3.59. The third-order valence-electron chi connectivity index (χ3n) is 5.25. The molecule has 6 nitrogen and oxygen atoms in total. The predicted octanol–water partition coefficient (Wildman–Crippen LogP) is 2.07.